The number of rotatable bonds is 2. The van der Waals surface area contributed by atoms with Gasteiger partial charge in [-0.2, -0.15) is 0 Å². The number of anilines is 1. The van der Waals surface area contributed by atoms with E-state index in [-0.39, 0.29) is 0 Å². The lowest BCUT2D eigenvalue weighted by Gasteiger charge is -2.32. The van der Waals surface area contributed by atoms with Gasteiger partial charge in [-0.15, -0.1) is 0 Å². The Morgan fingerprint density at radius 1 is 1.07 bits per heavy atom. The Balaban J connectivity index is 1.94. The monoisotopic (exact) mass is 384 g/mol. The van der Waals surface area contributed by atoms with Crippen LogP contribution in [0.3, 0.4) is 0 Å². The van der Waals surface area contributed by atoms with Crippen molar-refractivity contribution in [2.45, 2.75) is 58.3 Å². The molecule has 1 aromatic heterocycles. The van der Waals surface area contributed by atoms with Gasteiger partial charge in [0.1, 0.15) is 22.7 Å². The van der Waals surface area contributed by atoms with Crippen LogP contribution in [0.15, 0.2) is 18.2 Å². The van der Waals surface area contributed by atoms with Crippen molar-refractivity contribution in [2.75, 3.05) is 12.4 Å². The Hall–Kier alpha value is -2.32. The zero-order valence-corrected chi connectivity index (χ0v) is 17.3. The fourth-order valence-electron chi connectivity index (χ4n) is 3.56. The molecule has 1 N–H and O–H groups in total. The van der Waals surface area contributed by atoms with E-state index in [1.165, 1.54) is 0 Å². The van der Waals surface area contributed by atoms with Gasteiger partial charge < -0.3 is 18.8 Å². The third kappa shape index (κ3) is 2.74. The Morgan fingerprint density at radius 3 is 2.32 bits per heavy atom. The summed E-state index contributed by atoms with van der Waals surface area (Å²) in [5, 5.41) is 3.52. The first kappa shape index (κ1) is 19.0. The third-order valence-corrected chi connectivity index (χ3v) is 5.93. The van der Waals surface area contributed by atoms with Crippen LogP contribution in [-0.4, -0.2) is 36.5 Å². The highest BCUT2D eigenvalue weighted by Gasteiger charge is 2.52. The summed E-state index contributed by atoms with van der Waals surface area (Å²) in [7, 11) is 1.05. The summed E-state index contributed by atoms with van der Waals surface area (Å²) < 4.78 is 23.5. The summed E-state index contributed by atoms with van der Waals surface area (Å²) in [5.41, 5.74) is 0.549. The minimum Gasteiger partial charge on any atom is -0.494 e. The van der Waals surface area contributed by atoms with Gasteiger partial charge >= 0.3 is 13.2 Å². The number of hydrogen-bond acceptors (Lipinski definition) is 6. The van der Waals surface area contributed by atoms with E-state index in [1.807, 2.05) is 59.7 Å². The maximum absolute atomic E-state index is 11.9. The van der Waals surface area contributed by atoms with Crippen molar-refractivity contribution >= 4 is 35.4 Å². The van der Waals surface area contributed by atoms with Gasteiger partial charge in [-0.1, -0.05) is 6.07 Å². The molecule has 0 unspecified atom stereocenters. The molecule has 0 aliphatic carbocycles. The number of ether oxygens (including phenoxy) is 2. The maximum Gasteiger partial charge on any atom is 0.495 e. The largest absolute Gasteiger partial charge is 0.495 e. The Morgan fingerprint density at radius 2 is 1.71 bits per heavy atom. The standard InChI is InChI=1S/C20H25BN2O5/c1-18(2)12-10-11-13(21-27-19(3,4)20(5,6)28-21)8-9-14(25-7)15(11)22-16(12)23-17(24)26-18/h8-10H,1-7H3,(H,22,23,24). The lowest BCUT2D eigenvalue weighted by atomic mass is 9.76. The first-order valence-electron chi connectivity index (χ1n) is 9.33. The van der Waals surface area contributed by atoms with Crippen LogP contribution in [0.4, 0.5) is 10.6 Å². The third-order valence-electron chi connectivity index (χ3n) is 5.93. The molecule has 1 saturated heterocycles. The van der Waals surface area contributed by atoms with Gasteiger partial charge in [0.2, 0.25) is 0 Å². The predicted octanol–water partition coefficient (Wildman–Crippen LogP) is 3.34. The Labute approximate surface area is 164 Å². The Kier molecular flexibility index (Phi) is 3.97. The molecule has 1 fully saturated rings. The normalized spacial score (nSPS) is 21.8. The van der Waals surface area contributed by atoms with Gasteiger partial charge in [0.25, 0.3) is 0 Å². The van der Waals surface area contributed by atoms with E-state index in [2.05, 4.69) is 10.3 Å². The van der Waals surface area contributed by atoms with Crippen LogP contribution in [0.5, 0.6) is 5.75 Å². The van der Waals surface area contributed by atoms with E-state index in [0.29, 0.717) is 17.1 Å². The zero-order valence-electron chi connectivity index (χ0n) is 17.3. The molecular weight excluding hydrogens is 359 g/mol. The molecule has 0 spiro atoms. The summed E-state index contributed by atoms with van der Waals surface area (Å²) in [6.07, 6.45) is -0.523. The molecule has 3 heterocycles. The molecule has 1 aromatic carbocycles. The first-order valence-corrected chi connectivity index (χ1v) is 9.33. The minimum atomic E-state index is -0.810. The van der Waals surface area contributed by atoms with E-state index >= 15 is 0 Å². The van der Waals surface area contributed by atoms with Gasteiger partial charge in [-0.25, -0.2) is 9.78 Å². The highest BCUT2D eigenvalue weighted by molar-refractivity contribution is 6.65. The van der Waals surface area contributed by atoms with Crippen LogP contribution in [-0.2, 0) is 19.6 Å². The van der Waals surface area contributed by atoms with E-state index in [9.17, 15) is 4.79 Å². The molecule has 2 aliphatic heterocycles. The number of hydrogen-bond donors (Lipinski definition) is 1. The maximum atomic E-state index is 11.9. The van der Waals surface area contributed by atoms with Crippen molar-refractivity contribution in [1.82, 2.24) is 4.98 Å². The van der Waals surface area contributed by atoms with Crippen LogP contribution in [0, 0.1) is 0 Å². The molecule has 0 radical (unpaired) electrons. The van der Waals surface area contributed by atoms with E-state index < -0.39 is 30.0 Å². The lowest BCUT2D eigenvalue weighted by molar-refractivity contribution is 0.00578. The number of benzene rings is 1. The highest BCUT2D eigenvalue weighted by atomic mass is 16.7. The summed E-state index contributed by atoms with van der Waals surface area (Å²) in [4.78, 5) is 16.6. The highest BCUT2D eigenvalue weighted by Crippen LogP contribution is 2.40. The van der Waals surface area contributed by atoms with Crippen molar-refractivity contribution in [1.29, 1.82) is 0 Å². The van der Waals surface area contributed by atoms with E-state index in [0.717, 1.165) is 16.4 Å². The van der Waals surface area contributed by atoms with E-state index in [1.54, 1.807) is 7.11 Å². The summed E-state index contributed by atoms with van der Waals surface area (Å²) >= 11 is 0. The second-order valence-electron chi connectivity index (χ2n) is 8.75. The number of amides is 1. The second-order valence-corrected chi connectivity index (χ2v) is 8.75. The number of cyclic esters (lactones) is 1. The molecule has 28 heavy (non-hydrogen) atoms. The molecular formula is C20H25BN2O5. The van der Waals surface area contributed by atoms with Crippen molar-refractivity contribution in [3.05, 3.63) is 23.8 Å². The molecule has 8 heteroatoms. The minimum absolute atomic E-state index is 0.456. The predicted molar refractivity (Wildman–Crippen MR) is 107 cm³/mol. The number of pyridine rings is 1. The molecule has 0 bridgehead atoms. The number of methoxy groups -OCH3 is 1. The average molecular weight is 384 g/mol. The van der Waals surface area contributed by atoms with Gasteiger partial charge in [-0.05, 0) is 59.1 Å². The van der Waals surface area contributed by atoms with Gasteiger partial charge in [-0.3, -0.25) is 5.32 Å². The van der Waals surface area contributed by atoms with Crippen molar-refractivity contribution in [2.24, 2.45) is 0 Å². The number of nitrogens with zero attached hydrogens (tertiary/aromatic N) is 1. The second kappa shape index (κ2) is 5.84. The average Bonchev–Trinajstić information content (AvgIpc) is 2.79. The quantitative estimate of drug-likeness (QED) is 0.801. The van der Waals surface area contributed by atoms with Gasteiger partial charge in [0.15, 0.2) is 0 Å². The number of carbonyl (C=O) groups excluding carboxylic acids is 1. The van der Waals surface area contributed by atoms with Crippen LogP contribution in [0.1, 0.15) is 47.1 Å². The summed E-state index contributed by atoms with van der Waals surface area (Å²) in [5.74, 6) is 1.08. The zero-order chi connectivity index (χ0) is 20.5. The lowest BCUT2D eigenvalue weighted by Crippen LogP contribution is -2.41. The number of fused-ring (bicyclic) bond motifs is 2. The van der Waals surface area contributed by atoms with Crippen LogP contribution in [0.2, 0.25) is 0 Å². The number of nitrogens with one attached hydrogen (secondary N) is 1. The molecule has 4 rings (SSSR count). The summed E-state index contributed by atoms with van der Waals surface area (Å²) in [6.45, 7) is 11.8. The van der Waals surface area contributed by atoms with Crippen molar-refractivity contribution in [3.63, 3.8) is 0 Å². The molecule has 7 nitrogen and oxygen atoms in total. The Bertz CT molecular complexity index is 970. The van der Waals surface area contributed by atoms with E-state index in [4.69, 9.17) is 18.8 Å². The van der Waals surface area contributed by atoms with Crippen LogP contribution in [0.25, 0.3) is 10.9 Å². The smallest absolute Gasteiger partial charge is 0.494 e. The van der Waals surface area contributed by atoms with Crippen LogP contribution < -0.4 is 15.5 Å². The number of carbonyl (C=O) groups is 1. The fraction of sp³-hybridized carbons (Fsp3) is 0.500. The molecule has 1 amide bonds. The molecule has 0 saturated carbocycles. The molecule has 148 valence electrons. The van der Waals surface area contributed by atoms with Crippen LogP contribution >= 0.6 is 0 Å². The molecule has 2 aromatic rings. The van der Waals surface area contributed by atoms with Gasteiger partial charge in [0.05, 0.1) is 18.3 Å². The molecule has 2 aliphatic rings. The van der Waals surface area contributed by atoms with Crippen molar-refractivity contribution < 1.29 is 23.6 Å². The summed E-state index contributed by atoms with van der Waals surface area (Å²) in [6, 6.07) is 5.75. The number of aromatic nitrogens is 1. The topological polar surface area (TPSA) is 78.9 Å². The van der Waals surface area contributed by atoms with Gasteiger partial charge in [0, 0.05) is 10.9 Å². The first-order chi connectivity index (χ1) is 12.9. The fourth-order valence-corrected chi connectivity index (χ4v) is 3.56. The SMILES string of the molecule is COc1ccc(B2OC(C)(C)C(C)(C)O2)c2cc3c(nc12)NC(=O)OC3(C)C. The van der Waals surface area contributed by atoms with Crippen molar-refractivity contribution in [3.8, 4) is 5.75 Å². The molecule has 0 atom stereocenters.